The van der Waals surface area contributed by atoms with Gasteiger partial charge >= 0.3 is 0 Å². The van der Waals surface area contributed by atoms with Crippen LogP contribution in [0.25, 0.3) is 0 Å². The molecule has 0 fully saturated rings. The highest BCUT2D eigenvalue weighted by atomic mass is 28.4. The van der Waals surface area contributed by atoms with Crippen LogP contribution in [-0.4, -0.2) is 22.0 Å². The smallest absolute Gasteiger partial charge is 0.192 e. The predicted octanol–water partition coefficient (Wildman–Crippen LogP) is 1.58. The van der Waals surface area contributed by atoms with Crippen LogP contribution in [0.3, 0.4) is 0 Å². The van der Waals surface area contributed by atoms with E-state index in [4.69, 9.17) is 10.2 Å². The van der Waals surface area contributed by atoms with Gasteiger partial charge in [-0.15, -0.1) is 0 Å². The molecular formula is C7H19NOSi. The highest BCUT2D eigenvalue weighted by Crippen LogP contribution is 2.19. The molecule has 0 amide bonds. The minimum absolute atomic E-state index is 0.780. The van der Waals surface area contributed by atoms with Crippen LogP contribution in [0.2, 0.25) is 18.1 Å². The van der Waals surface area contributed by atoms with Gasteiger partial charge in [-0.3, -0.25) is 0 Å². The molecule has 3 heteroatoms. The molecule has 0 radical (unpaired) electrons. The Morgan fingerprint density at radius 3 is 1.90 bits per heavy atom. The summed E-state index contributed by atoms with van der Waals surface area (Å²) in [6.45, 7) is 5.19. The molecule has 0 aromatic rings. The Morgan fingerprint density at radius 1 is 1.30 bits per heavy atom. The van der Waals surface area contributed by atoms with Gasteiger partial charge in [0.2, 0.25) is 0 Å². The Labute approximate surface area is 64.9 Å². The second-order valence-corrected chi connectivity index (χ2v) is 7.32. The van der Waals surface area contributed by atoms with E-state index in [0.29, 0.717) is 0 Å². The molecule has 10 heavy (non-hydrogen) atoms. The summed E-state index contributed by atoms with van der Waals surface area (Å²) in [6, 6.07) is 3.49. The Hall–Kier alpha value is 0.137. The van der Waals surface area contributed by atoms with Gasteiger partial charge in [0.05, 0.1) is 0 Å². The second-order valence-electron chi connectivity index (χ2n) is 2.63. The lowest BCUT2D eigenvalue weighted by Crippen LogP contribution is -2.37. The monoisotopic (exact) mass is 161 g/mol. The largest absolute Gasteiger partial charge is 0.420 e. The molecule has 0 bridgehead atoms. The van der Waals surface area contributed by atoms with Crippen molar-refractivity contribution < 1.29 is 4.43 Å². The van der Waals surface area contributed by atoms with Gasteiger partial charge < -0.3 is 10.2 Å². The first-order valence-corrected chi connectivity index (χ1v) is 6.53. The minimum Gasteiger partial charge on any atom is -0.420 e. The van der Waals surface area contributed by atoms with Gasteiger partial charge in [-0.2, -0.15) is 0 Å². The quantitative estimate of drug-likeness (QED) is 0.621. The standard InChI is InChI=1S/C7H19NOSi/c1-4-10(5-2,9-3)7-6-8/h4-8H2,1-3H3. The van der Waals surface area contributed by atoms with Crippen LogP contribution in [0.1, 0.15) is 13.8 Å². The zero-order valence-electron chi connectivity index (χ0n) is 7.31. The summed E-state index contributed by atoms with van der Waals surface area (Å²) in [4.78, 5) is 0. The van der Waals surface area contributed by atoms with Crippen molar-refractivity contribution in [3.63, 3.8) is 0 Å². The van der Waals surface area contributed by atoms with Crippen LogP contribution in [-0.2, 0) is 4.43 Å². The predicted molar refractivity (Wildman–Crippen MR) is 47.6 cm³/mol. The normalized spacial score (nSPS) is 12.0. The van der Waals surface area contributed by atoms with Crippen molar-refractivity contribution in [1.82, 2.24) is 0 Å². The Balaban J connectivity index is 3.87. The molecule has 0 atom stereocenters. The molecule has 0 spiro atoms. The molecule has 0 aliphatic heterocycles. The van der Waals surface area contributed by atoms with E-state index in [0.717, 1.165) is 12.6 Å². The minimum atomic E-state index is -1.34. The van der Waals surface area contributed by atoms with Crippen molar-refractivity contribution >= 4 is 8.32 Å². The molecular weight excluding hydrogens is 142 g/mol. The van der Waals surface area contributed by atoms with Crippen LogP contribution in [0.4, 0.5) is 0 Å². The zero-order valence-corrected chi connectivity index (χ0v) is 8.31. The highest BCUT2D eigenvalue weighted by Gasteiger charge is 2.27. The Kier molecular flexibility index (Phi) is 4.94. The SMILES string of the molecule is CC[Si](CC)(CCN)OC. The molecule has 0 saturated carbocycles. The molecule has 2 N–H and O–H groups in total. The van der Waals surface area contributed by atoms with Gasteiger partial charge in [-0.1, -0.05) is 13.8 Å². The first-order valence-electron chi connectivity index (χ1n) is 4.00. The maximum atomic E-state index is 5.54. The molecule has 2 nitrogen and oxygen atoms in total. The van der Waals surface area contributed by atoms with Crippen LogP contribution < -0.4 is 5.73 Å². The van der Waals surface area contributed by atoms with E-state index in [-0.39, 0.29) is 0 Å². The summed E-state index contributed by atoms with van der Waals surface area (Å²) < 4.78 is 5.54. The van der Waals surface area contributed by atoms with E-state index in [9.17, 15) is 0 Å². The fraction of sp³-hybridized carbons (Fsp3) is 1.00. The number of hydrogen-bond donors (Lipinski definition) is 1. The van der Waals surface area contributed by atoms with E-state index in [2.05, 4.69) is 13.8 Å². The maximum Gasteiger partial charge on any atom is 0.192 e. The van der Waals surface area contributed by atoms with Crippen molar-refractivity contribution in [3.8, 4) is 0 Å². The van der Waals surface area contributed by atoms with Crippen molar-refractivity contribution in [2.24, 2.45) is 5.73 Å². The first-order chi connectivity index (χ1) is 4.74. The highest BCUT2D eigenvalue weighted by molar-refractivity contribution is 6.73. The van der Waals surface area contributed by atoms with E-state index in [1.165, 1.54) is 12.1 Å². The number of nitrogens with two attached hydrogens (primary N) is 1. The summed E-state index contributed by atoms with van der Waals surface area (Å²) in [5.41, 5.74) is 5.50. The topological polar surface area (TPSA) is 35.2 Å². The van der Waals surface area contributed by atoms with E-state index < -0.39 is 8.32 Å². The zero-order chi connectivity index (χ0) is 8.04. The fourth-order valence-electron chi connectivity index (χ4n) is 1.26. The summed E-state index contributed by atoms with van der Waals surface area (Å²) in [5, 5.41) is 0. The molecule has 0 aromatic heterocycles. The summed E-state index contributed by atoms with van der Waals surface area (Å²) in [6.07, 6.45) is 0. The lowest BCUT2D eigenvalue weighted by atomic mass is 10.8. The summed E-state index contributed by atoms with van der Waals surface area (Å²) in [7, 11) is 0.486. The van der Waals surface area contributed by atoms with Crippen LogP contribution in [0.15, 0.2) is 0 Å². The third-order valence-electron chi connectivity index (χ3n) is 2.32. The molecule has 0 aliphatic rings. The Morgan fingerprint density at radius 2 is 1.80 bits per heavy atom. The lowest BCUT2D eigenvalue weighted by Gasteiger charge is -2.26. The summed E-state index contributed by atoms with van der Waals surface area (Å²) in [5.74, 6) is 0. The average Bonchev–Trinajstić information content (AvgIpc) is 2.01. The second kappa shape index (κ2) is 4.88. The van der Waals surface area contributed by atoms with Gasteiger partial charge in [0, 0.05) is 7.11 Å². The van der Waals surface area contributed by atoms with Gasteiger partial charge in [0.15, 0.2) is 8.32 Å². The van der Waals surface area contributed by atoms with E-state index in [1.54, 1.807) is 0 Å². The van der Waals surface area contributed by atoms with Gasteiger partial charge in [0.1, 0.15) is 0 Å². The van der Waals surface area contributed by atoms with E-state index in [1.807, 2.05) is 7.11 Å². The van der Waals surface area contributed by atoms with Crippen molar-refractivity contribution in [2.75, 3.05) is 13.7 Å². The number of rotatable bonds is 5. The molecule has 0 heterocycles. The van der Waals surface area contributed by atoms with Crippen LogP contribution in [0, 0.1) is 0 Å². The van der Waals surface area contributed by atoms with Gasteiger partial charge in [0.25, 0.3) is 0 Å². The average molecular weight is 161 g/mol. The molecule has 0 saturated heterocycles. The molecule has 62 valence electrons. The lowest BCUT2D eigenvalue weighted by molar-refractivity contribution is 0.392. The summed E-state index contributed by atoms with van der Waals surface area (Å²) >= 11 is 0. The van der Waals surface area contributed by atoms with Crippen LogP contribution >= 0.6 is 0 Å². The molecule has 0 aromatic carbocycles. The fourth-order valence-corrected chi connectivity index (χ4v) is 3.77. The van der Waals surface area contributed by atoms with E-state index >= 15 is 0 Å². The van der Waals surface area contributed by atoms with Gasteiger partial charge in [-0.25, -0.2) is 0 Å². The molecule has 0 aliphatic carbocycles. The maximum absolute atomic E-state index is 5.54. The first kappa shape index (κ1) is 10.1. The van der Waals surface area contributed by atoms with Crippen LogP contribution in [0.5, 0.6) is 0 Å². The third-order valence-corrected chi connectivity index (χ3v) is 6.96. The molecule has 0 rings (SSSR count). The number of hydrogen-bond acceptors (Lipinski definition) is 2. The van der Waals surface area contributed by atoms with Crippen molar-refractivity contribution in [3.05, 3.63) is 0 Å². The van der Waals surface area contributed by atoms with Crippen molar-refractivity contribution in [1.29, 1.82) is 0 Å². The van der Waals surface area contributed by atoms with Crippen molar-refractivity contribution in [2.45, 2.75) is 32.0 Å². The Bertz CT molecular complexity index is 75.4. The molecule has 0 unspecified atom stereocenters. The third kappa shape index (κ3) is 2.40. The van der Waals surface area contributed by atoms with Gasteiger partial charge in [-0.05, 0) is 24.7 Å².